The monoisotopic (exact) mass is 361 g/mol. The zero-order chi connectivity index (χ0) is 16.9. The Morgan fingerprint density at radius 2 is 2.12 bits per heavy atom. The molecule has 0 unspecified atom stereocenters. The average Bonchev–Trinajstić information content (AvgIpc) is 3.26. The fraction of sp³-hybridized carbons (Fsp3) is 0.167. The van der Waals surface area contributed by atoms with Gasteiger partial charge in [-0.25, -0.2) is 4.39 Å². The van der Waals surface area contributed by atoms with E-state index in [0.717, 1.165) is 6.42 Å². The number of thiophene rings is 2. The highest BCUT2D eigenvalue weighted by Crippen LogP contribution is 2.29. The van der Waals surface area contributed by atoms with Crippen molar-refractivity contribution in [3.05, 3.63) is 63.4 Å². The summed E-state index contributed by atoms with van der Waals surface area (Å²) >= 11 is 3.40. The van der Waals surface area contributed by atoms with Gasteiger partial charge in [-0.3, -0.25) is 4.79 Å². The van der Waals surface area contributed by atoms with Crippen molar-refractivity contribution in [1.82, 2.24) is 5.32 Å². The molecule has 0 aliphatic heterocycles. The smallest absolute Gasteiger partial charge is 0.251 e. The highest BCUT2D eigenvalue weighted by molar-refractivity contribution is 7.16. The number of nitrogens with one attached hydrogen (secondary N) is 1. The van der Waals surface area contributed by atoms with Crippen molar-refractivity contribution in [2.45, 2.75) is 6.42 Å². The minimum Gasteiger partial charge on any atom is -0.494 e. The first-order chi connectivity index (χ1) is 11.7. The molecule has 0 radical (unpaired) electrons. The third kappa shape index (κ3) is 3.83. The largest absolute Gasteiger partial charge is 0.494 e. The Bertz CT molecular complexity index is 827. The normalized spacial score (nSPS) is 10.6. The van der Waals surface area contributed by atoms with Crippen LogP contribution in [0.5, 0.6) is 5.75 Å². The Hall–Kier alpha value is -2.18. The first-order valence-corrected chi connectivity index (χ1v) is 9.16. The molecule has 0 spiro atoms. The minimum atomic E-state index is -0.538. The van der Waals surface area contributed by atoms with Crippen molar-refractivity contribution in [2.24, 2.45) is 0 Å². The Labute approximate surface area is 147 Å². The van der Waals surface area contributed by atoms with Gasteiger partial charge in [0.25, 0.3) is 5.91 Å². The van der Waals surface area contributed by atoms with Crippen molar-refractivity contribution in [3.63, 3.8) is 0 Å². The molecule has 1 N–H and O–H groups in total. The van der Waals surface area contributed by atoms with Gasteiger partial charge >= 0.3 is 0 Å². The van der Waals surface area contributed by atoms with Crippen molar-refractivity contribution in [3.8, 4) is 16.2 Å². The molecule has 0 atom stereocenters. The maximum absolute atomic E-state index is 13.6. The second kappa shape index (κ2) is 7.59. The van der Waals surface area contributed by atoms with Crippen molar-refractivity contribution >= 4 is 28.6 Å². The quantitative estimate of drug-likeness (QED) is 0.697. The van der Waals surface area contributed by atoms with Crippen LogP contribution in [0.25, 0.3) is 10.4 Å². The van der Waals surface area contributed by atoms with E-state index in [2.05, 4.69) is 34.3 Å². The number of rotatable bonds is 6. The number of carbonyl (C=O) groups is 1. The summed E-state index contributed by atoms with van der Waals surface area (Å²) in [6.45, 7) is 0.510. The van der Waals surface area contributed by atoms with E-state index in [0.29, 0.717) is 12.1 Å². The first kappa shape index (κ1) is 16.7. The molecular weight excluding hydrogens is 345 g/mol. The van der Waals surface area contributed by atoms with Crippen molar-refractivity contribution < 1.29 is 13.9 Å². The molecule has 0 bridgehead atoms. The lowest BCUT2D eigenvalue weighted by molar-refractivity contribution is 0.0953. The van der Waals surface area contributed by atoms with Gasteiger partial charge in [0.1, 0.15) is 0 Å². The molecule has 3 rings (SSSR count). The second-order valence-electron chi connectivity index (χ2n) is 5.13. The van der Waals surface area contributed by atoms with Crippen LogP contribution >= 0.6 is 22.7 Å². The summed E-state index contributed by atoms with van der Waals surface area (Å²) in [6, 6.07) is 10.5. The number of ether oxygens (including phenoxy) is 1. The maximum atomic E-state index is 13.6. The lowest BCUT2D eigenvalue weighted by Gasteiger charge is -2.06. The number of hydrogen-bond acceptors (Lipinski definition) is 4. The molecule has 3 nitrogen and oxygen atoms in total. The standard InChI is InChI=1S/C18H16FNO2S2/c1-22-16-4-2-12(10-15(16)19)18(21)20-8-6-14-3-5-17(24-14)13-7-9-23-11-13/h2-5,7,9-11H,6,8H2,1H3,(H,20,21). The van der Waals surface area contributed by atoms with Crippen LogP contribution in [-0.4, -0.2) is 19.6 Å². The molecule has 2 aromatic heterocycles. The molecule has 0 saturated heterocycles. The fourth-order valence-electron chi connectivity index (χ4n) is 2.28. The van der Waals surface area contributed by atoms with Crippen LogP contribution in [0.1, 0.15) is 15.2 Å². The number of methoxy groups -OCH3 is 1. The Morgan fingerprint density at radius 1 is 1.25 bits per heavy atom. The summed E-state index contributed by atoms with van der Waals surface area (Å²) in [5, 5.41) is 7.00. The number of amides is 1. The molecule has 124 valence electrons. The zero-order valence-electron chi connectivity index (χ0n) is 13.0. The van der Waals surface area contributed by atoms with Crippen molar-refractivity contribution in [2.75, 3.05) is 13.7 Å². The molecule has 0 aliphatic carbocycles. The van der Waals surface area contributed by atoms with E-state index in [1.54, 1.807) is 28.7 Å². The van der Waals surface area contributed by atoms with Crippen LogP contribution < -0.4 is 10.1 Å². The third-order valence-electron chi connectivity index (χ3n) is 3.54. The van der Waals surface area contributed by atoms with Gasteiger partial charge in [0.2, 0.25) is 0 Å². The molecule has 0 aliphatic rings. The molecule has 1 aromatic carbocycles. The van der Waals surface area contributed by atoms with Gasteiger partial charge in [0, 0.05) is 27.4 Å². The average molecular weight is 361 g/mol. The summed E-state index contributed by atoms with van der Waals surface area (Å²) in [7, 11) is 1.39. The molecule has 1 amide bonds. The number of hydrogen-bond donors (Lipinski definition) is 1. The summed E-state index contributed by atoms with van der Waals surface area (Å²) in [6.07, 6.45) is 0.749. The predicted molar refractivity (Wildman–Crippen MR) is 96.6 cm³/mol. The fourth-order valence-corrected chi connectivity index (χ4v) is 4.02. The van der Waals surface area contributed by atoms with Crippen molar-refractivity contribution in [1.29, 1.82) is 0 Å². The summed E-state index contributed by atoms with van der Waals surface area (Å²) in [5.74, 6) is -0.693. The topological polar surface area (TPSA) is 38.3 Å². The van der Waals surface area contributed by atoms with Gasteiger partial charge in [-0.2, -0.15) is 11.3 Å². The Morgan fingerprint density at radius 3 is 2.83 bits per heavy atom. The summed E-state index contributed by atoms with van der Waals surface area (Å²) < 4.78 is 18.5. The number of halogens is 1. The van der Waals surface area contributed by atoms with E-state index >= 15 is 0 Å². The van der Waals surface area contributed by atoms with Gasteiger partial charge in [-0.1, -0.05) is 0 Å². The lowest BCUT2D eigenvalue weighted by atomic mass is 10.2. The van der Waals surface area contributed by atoms with Gasteiger partial charge < -0.3 is 10.1 Å². The minimum absolute atomic E-state index is 0.131. The number of benzene rings is 1. The van der Waals surface area contributed by atoms with Gasteiger partial charge in [0.15, 0.2) is 11.6 Å². The highest BCUT2D eigenvalue weighted by atomic mass is 32.1. The zero-order valence-corrected chi connectivity index (χ0v) is 14.7. The van der Waals surface area contributed by atoms with E-state index in [-0.39, 0.29) is 11.7 Å². The second-order valence-corrected chi connectivity index (χ2v) is 7.08. The molecule has 24 heavy (non-hydrogen) atoms. The van der Waals surface area contributed by atoms with E-state index < -0.39 is 5.82 Å². The predicted octanol–water partition coefficient (Wildman–Crippen LogP) is 4.60. The Balaban J connectivity index is 1.54. The van der Waals surface area contributed by atoms with E-state index in [1.807, 2.05) is 0 Å². The molecule has 3 aromatic rings. The van der Waals surface area contributed by atoms with Crippen LogP contribution in [0.2, 0.25) is 0 Å². The maximum Gasteiger partial charge on any atom is 0.251 e. The van der Waals surface area contributed by atoms with Gasteiger partial charge in [-0.05, 0) is 53.6 Å². The lowest BCUT2D eigenvalue weighted by Crippen LogP contribution is -2.25. The molecule has 2 heterocycles. The third-order valence-corrected chi connectivity index (χ3v) is 5.42. The van der Waals surface area contributed by atoms with Gasteiger partial charge in [0.05, 0.1) is 7.11 Å². The molecule has 6 heteroatoms. The first-order valence-electron chi connectivity index (χ1n) is 7.40. The van der Waals surface area contributed by atoms with Crippen LogP contribution in [-0.2, 0) is 6.42 Å². The highest BCUT2D eigenvalue weighted by Gasteiger charge is 2.10. The van der Waals surface area contributed by atoms with E-state index in [1.165, 1.54) is 34.6 Å². The molecule has 0 fully saturated rings. The van der Waals surface area contributed by atoms with Crippen LogP contribution in [0.15, 0.2) is 47.2 Å². The van der Waals surface area contributed by atoms with Crippen LogP contribution in [0.3, 0.4) is 0 Å². The van der Waals surface area contributed by atoms with Gasteiger partial charge in [-0.15, -0.1) is 11.3 Å². The molecule has 0 saturated carbocycles. The Kier molecular flexibility index (Phi) is 5.27. The van der Waals surface area contributed by atoms with E-state index in [4.69, 9.17) is 4.74 Å². The number of carbonyl (C=O) groups excluding carboxylic acids is 1. The van der Waals surface area contributed by atoms with Crippen LogP contribution in [0.4, 0.5) is 4.39 Å². The van der Waals surface area contributed by atoms with Crippen LogP contribution in [0, 0.1) is 5.82 Å². The summed E-state index contributed by atoms with van der Waals surface area (Å²) in [4.78, 5) is 14.5. The van der Waals surface area contributed by atoms with E-state index in [9.17, 15) is 9.18 Å². The molecular formula is C18H16FNO2S2. The summed E-state index contributed by atoms with van der Waals surface area (Å²) in [5.41, 5.74) is 1.52. The SMILES string of the molecule is COc1ccc(C(=O)NCCc2ccc(-c3ccsc3)s2)cc1F.